The summed E-state index contributed by atoms with van der Waals surface area (Å²) in [6, 6.07) is 15.9. The first-order valence-corrected chi connectivity index (χ1v) is 8.60. The van der Waals surface area contributed by atoms with Gasteiger partial charge in [0.15, 0.2) is 0 Å². The molecule has 3 aromatic rings. The van der Waals surface area contributed by atoms with Crippen molar-refractivity contribution < 1.29 is 9.53 Å². The lowest BCUT2D eigenvalue weighted by molar-refractivity contribution is -0.125. The monoisotopic (exact) mass is 335 g/mol. The summed E-state index contributed by atoms with van der Waals surface area (Å²) in [5.74, 6) is 1.86. The van der Waals surface area contributed by atoms with E-state index >= 15 is 0 Å². The smallest absolute Gasteiger partial charge is 0.223 e. The van der Waals surface area contributed by atoms with Gasteiger partial charge in [0.1, 0.15) is 11.6 Å². The van der Waals surface area contributed by atoms with Crippen LogP contribution in [0.4, 0.5) is 0 Å². The summed E-state index contributed by atoms with van der Waals surface area (Å²) >= 11 is 0. The number of ether oxygens (including phenoxy) is 1. The van der Waals surface area contributed by atoms with Gasteiger partial charge in [0.2, 0.25) is 5.91 Å². The van der Waals surface area contributed by atoms with E-state index in [9.17, 15) is 4.79 Å². The molecule has 1 aliphatic heterocycles. The van der Waals surface area contributed by atoms with Crippen LogP contribution in [0.15, 0.2) is 48.5 Å². The average molecular weight is 335 g/mol. The fraction of sp³-hybridized carbons (Fsp3) is 0.300. The Labute approximate surface area is 146 Å². The molecule has 1 atom stereocenters. The van der Waals surface area contributed by atoms with Crippen LogP contribution in [0.25, 0.3) is 11.0 Å². The number of aromatic nitrogens is 2. The van der Waals surface area contributed by atoms with Gasteiger partial charge in [-0.2, -0.15) is 0 Å². The summed E-state index contributed by atoms with van der Waals surface area (Å²) in [4.78, 5) is 17.3. The minimum atomic E-state index is -0.0287. The van der Waals surface area contributed by atoms with E-state index in [0.717, 1.165) is 41.1 Å². The molecule has 0 saturated carbocycles. The summed E-state index contributed by atoms with van der Waals surface area (Å²) < 4.78 is 7.57. The molecule has 0 fully saturated rings. The number of aryl methyl sites for hydroxylation is 1. The third kappa shape index (κ3) is 2.97. The molecule has 0 radical (unpaired) electrons. The van der Waals surface area contributed by atoms with Crippen molar-refractivity contribution in [2.24, 2.45) is 5.92 Å². The highest BCUT2D eigenvalue weighted by atomic mass is 16.5. The number of carbonyl (C=O) groups excluding carboxylic acids is 1. The Balaban J connectivity index is 1.45. The van der Waals surface area contributed by atoms with Crippen LogP contribution in [-0.2, 0) is 24.3 Å². The lowest BCUT2D eigenvalue weighted by atomic mass is 9.96. The lowest BCUT2D eigenvalue weighted by Crippen LogP contribution is -2.35. The second kappa shape index (κ2) is 6.59. The molecular formula is C20H21N3O2. The van der Waals surface area contributed by atoms with E-state index in [2.05, 4.69) is 16.0 Å². The predicted octanol–water partition coefficient (Wildman–Crippen LogP) is 2.92. The largest absolute Gasteiger partial charge is 0.496 e. The van der Waals surface area contributed by atoms with E-state index in [1.54, 1.807) is 7.11 Å². The topological polar surface area (TPSA) is 56.1 Å². The first-order chi connectivity index (χ1) is 12.3. The number of fused-ring (bicyclic) bond motifs is 3. The van der Waals surface area contributed by atoms with Crippen molar-refractivity contribution in [2.45, 2.75) is 25.9 Å². The van der Waals surface area contributed by atoms with Crippen molar-refractivity contribution in [1.29, 1.82) is 0 Å². The molecule has 128 valence electrons. The van der Waals surface area contributed by atoms with E-state index in [1.807, 2.05) is 42.5 Å². The number of hydrogen-bond acceptors (Lipinski definition) is 3. The fourth-order valence-corrected chi connectivity index (χ4v) is 3.54. The van der Waals surface area contributed by atoms with Crippen molar-refractivity contribution in [3.05, 3.63) is 59.9 Å². The second-order valence-electron chi connectivity index (χ2n) is 6.39. The van der Waals surface area contributed by atoms with E-state index in [1.165, 1.54) is 0 Å². The fourth-order valence-electron chi connectivity index (χ4n) is 3.54. The molecule has 0 spiro atoms. The molecule has 0 bridgehead atoms. The molecule has 2 heterocycles. The number of nitrogens with zero attached hydrogens (tertiary/aromatic N) is 2. The SMILES string of the molecule is COc1ccccc1CNC(=O)C1CCn2c(nc3ccccc32)C1. The molecule has 1 aromatic heterocycles. The van der Waals surface area contributed by atoms with E-state index < -0.39 is 0 Å². The maximum Gasteiger partial charge on any atom is 0.223 e. The molecule has 5 heteroatoms. The first-order valence-electron chi connectivity index (χ1n) is 8.60. The van der Waals surface area contributed by atoms with Crippen molar-refractivity contribution in [1.82, 2.24) is 14.9 Å². The summed E-state index contributed by atoms with van der Waals surface area (Å²) in [6.45, 7) is 1.32. The maximum atomic E-state index is 12.6. The summed E-state index contributed by atoms with van der Waals surface area (Å²) in [7, 11) is 1.65. The van der Waals surface area contributed by atoms with Gasteiger partial charge in [-0.15, -0.1) is 0 Å². The number of para-hydroxylation sites is 3. The van der Waals surface area contributed by atoms with Gasteiger partial charge in [-0.3, -0.25) is 4.79 Å². The zero-order chi connectivity index (χ0) is 17.2. The predicted molar refractivity (Wildman–Crippen MR) is 96.4 cm³/mol. The van der Waals surface area contributed by atoms with Crippen LogP contribution in [0.3, 0.4) is 0 Å². The van der Waals surface area contributed by atoms with Crippen molar-refractivity contribution in [3.8, 4) is 5.75 Å². The van der Waals surface area contributed by atoms with Gasteiger partial charge >= 0.3 is 0 Å². The number of imidazole rings is 1. The van der Waals surface area contributed by atoms with Gasteiger partial charge in [-0.25, -0.2) is 4.98 Å². The van der Waals surface area contributed by atoms with Gasteiger partial charge in [0.25, 0.3) is 0 Å². The van der Waals surface area contributed by atoms with Crippen molar-refractivity contribution in [2.75, 3.05) is 7.11 Å². The molecule has 1 N–H and O–H groups in total. The normalized spacial score (nSPS) is 16.4. The maximum absolute atomic E-state index is 12.6. The molecular weight excluding hydrogens is 314 g/mol. The highest BCUT2D eigenvalue weighted by Crippen LogP contribution is 2.26. The van der Waals surface area contributed by atoms with Crippen LogP contribution in [0.5, 0.6) is 5.75 Å². The van der Waals surface area contributed by atoms with Gasteiger partial charge < -0.3 is 14.6 Å². The molecule has 2 aromatic carbocycles. The third-order valence-electron chi connectivity index (χ3n) is 4.88. The molecule has 4 rings (SSSR count). The van der Waals surface area contributed by atoms with Crippen molar-refractivity contribution >= 4 is 16.9 Å². The minimum Gasteiger partial charge on any atom is -0.496 e. The Hall–Kier alpha value is -2.82. The number of nitrogens with one attached hydrogen (secondary N) is 1. The third-order valence-corrected chi connectivity index (χ3v) is 4.88. The van der Waals surface area contributed by atoms with Gasteiger partial charge in [0, 0.05) is 31.0 Å². The zero-order valence-electron chi connectivity index (χ0n) is 14.2. The Morgan fingerprint density at radius 2 is 2.04 bits per heavy atom. The van der Waals surface area contributed by atoms with Crippen LogP contribution in [-0.4, -0.2) is 22.6 Å². The van der Waals surface area contributed by atoms with E-state index in [-0.39, 0.29) is 11.8 Å². The molecule has 0 aliphatic carbocycles. The quantitative estimate of drug-likeness (QED) is 0.797. The zero-order valence-corrected chi connectivity index (χ0v) is 14.2. The summed E-state index contributed by atoms with van der Waals surface area (Å²) in [5.41, 5.74) is 3.15. The Bertz CT molecular complexity index is 916. The van der Waals surface area contributed by atoms with Crippen LogP contribution in [0.2, 0.25) is 0 Å². The van der Waals surface area contributed by atoms with Gasteiger partial charge in [-0.05, 0) is 24.6 Å². The van der Waals surface area contributed by atoms with Gasteiger partial charge in [0.05, 0.1) is 18.1 Å². The molecule has 0 saturated heterocycles. The van der Waals surface area contributed by atoms with Gasteiger partial charge in [-0.1, -0.05) is 30.3 Å². The van der Waals surface area contributed by atoms with Crippen molar-refractivity contribution in [3.63, 3.8) is 0 Å². The first kappa shape index (κ1) is 15.7. The van der Waals surface area contributed by atoms with Crippen LogP contribution in [0.1, 0.15) is 17.8 Å². The number of amides is 1. The number of methoxy groups -OCH3 is 1. The molecule has 1 amide bonds. The lowest BCUT2D eigenvalue weighted by Gasteiger charge is -2.23. The summed E-state index contributed by atoms with van der Waals surface area (Å²) in [5, 5.41) is 3.05. The van der Waals surface area contributed by atoms with Crippen LogP contribution >= 0.6 is 0 Å². The standard InChI is InChI=1S/C20H21N3O2/c1-25-18-9-5-2-6-15(18)13-21-20(24)14-10-11-23-17-8-4-3-7-16(17)22-19(23)12-14/h2-9,14H,10-13H2,1H3,(H,21,24). The molecule has 5 nitrogen and oxygen atoms in total. The highest BCUT2D eigenvalue weighted by molar-refractivity contribution is 5.80. The number of hydrogen-bond donors (Lipinski definition) is 1. The average Bonchev–Trinajstić information content (AvgIpc) is 3.04. The number of rotatable bonds is 4. The minimum absolute atomic E-state index is 0.0287. The Morgan fingerprint density at radius 3 is 2.92 bits per heavy atom. The Morgan fingerprint density at radius 1 is 1.24 bits per heavy atom. The van der Waals surface area contributed by atoms with E-state index in [0.29, 0.717) is 13.0 Å². The van der Waals surface area contributed by atoms with Crippen LogP contribution < -0.4 is 10.1 Å². The van der Waals surface area contributed by atoms with E-state index in [4.69, 9.17) is 9.72 Å². The second-order valence-corrected chi connectivity index (χ2v) is 6.39. The number of benzene rings is 2. The van der Waals surface area contributed by atoms with Crippen LogP contribution in [0, 0.1) is 5.92 Å². The highest BCUT2D eigenvalue weighted by Gasteiger charge is 2.27. The molecule has 1 unspecified atom stereocenters. The molecule has 1 aliphatic rings. The number of carbonyl (C=O) groups is 1. The Kier molecular flexibility index (Phi) is 4.14. The summed E-state index contributed by atoms with van der Waals surface area (Å²) in [6.07, 6.45) is 1.53. The molecule has 25 heavy (non-hydrogen) atoms.